The number of carbonyl (C=O) groups excluding carboxylic acids is 1. The SMILES string of the molecule is Cc1cc(Cl)cc([N+](=O)[O-])c1NC(=O)CC#N. The van der Waals surface area contributed by atoms with Gasteiger partial charge in [0.2, 0.25) is 5.91 Å². The molecular formula is C10H8ClN3O3. The molecule has 1 rings (SSSR count). The minimum absolute atomic E-state index is 0.0691. The van der Waals surface area contributed by atoms with Gasteiger partial charge in [-0.2, -0.15) is 5.26 Å². The number of nitriles is 1. The largest absolute Gasteiger partial charge is 0.319 e. The zero-order valence-electron chi connectivity index (χ0n) is 8.86. The predicted octanol–water partition coefficient (Wildman–Crippen LogP) is 2.41. The van der Waals surface area contributed by atoms with Gasteiger partial charge < -0.3 is 5.32 Å². The lowest BCUT2D eigenvalue weighted by Crippen LogP contribution is -2.12. The molecule has 0 spiro atoms. The Morgan fingerprint density at radius 1 is 1.65 bits per heavy atom. The van der Waals surface area contributed by atoms with Crippen molar-refractivity contribution in [3.63, 3.8) is 0 Å². The van der Waals surface area contributed by atoms with E-state index in [1.807, 2.05) is 0 Å². The first-order valence-electron chi connectivity index (χ1n) is 4.57. The van der Waals surface area contributed by atoms with E-state index in [1.165, 1.54) is 6.07 Å². The first-order valence-corrected chi connectivity index (χ1v) is 4.95. The summed E-state index contributed by atoms with van der Waals surface area (Å²) < 4.78 is 0. The maximum Gasteiger partial charge on any atom is 0.294 e. The van der Waals surface area contributed by atoms with Crippen LogP contribution in [0, 0.1) is 28.4 Å². The third-order valence-electron chi connectivity index (χ3n) is 1.98. The summed E-state index contributed by atoms with van der Waals surface area (Å²) >= 11 is 5.69. The molecule has 0 atom stereocenters. The summed E-state index contributed by atoms with van der Waals surface area (Å²) in [5.74, 6) is -0.596. The van der Waals surface area contributed by atoms with Gasteiger partial charge in [0.05, 0.1) is 11.0 Å². The molecular weight excluding hydrogens is 246 g/mol. The number of hydrogen-bond donors (Lipinski definition) is 1. The van der Waals surface area contributed by atoms with Gasteiger partial charge in [-0.1, -0.05) is 11.6 Å². The molecule has 0 radical (unpaired) electrons. The molecule has 0 saturated heterocycles. The van der Waals surface area contributed by atoms with Crippen LogP contribution in [0.25, 0.3) is 0 Å². The van der Waals surface area contributed by atoms with Gasteiger partial charge in [0.1, 0.15) is 12.1 Å². The van der Waals surface area contributed by atoms with Crippen molar-refractivity contribution in [2.24, 2.45) is 0 Å². The van der Waals surface area contributed by atoms with E-state index in [-0.39, 0.29) is 22.8 Å². The Balaban J connectivity index is 3.18. The van der Waals surface area contributed by atoms with Crippen molar-refractivity contribution in [1.82, 2.24) is 0 Å². The minimum Gasteiger partial charge on any atom is -0.319 e. The number of nitrogens with one attached hydrogen (secondary N) is 1. The highest BCUT2D eigenvalue weighted by Crippen LogP contribution is 2.31. The average Bonchev–Trinajstić information content (AvgIpc) is 2.21. The van der Waals surface area contributed by atoms with Crippen LogP contribution in [0.2, 0.25) is 5.02 Å². The molecule has 88 valence electrons. The van der Waals surface area contributed by atoms with Crippen molar-refractivity contribution in [2.45, 2.75) is 13.3 Å². The highest BCUT2D eigenvalue weighted by Gasteiger charge is 2.19. The van der Waals surface area contributed by atoms with Crippen molar-refractivity contribution in [3.8, 4) is 6.07 Å². The predicted molar refractivity (Wildman–Crippen MR) is 61.7 cm³/mol. The Morgan fingerprint density at radius 2 is 2.29 bits per heavy atom. The third kappa shape index (κ3) is 3.16. The molecule has 1 amide bonds. The van der Waals surface area contributed by atoms with Gasteiger partial charge in [-0.05, 0) is 18.6 Å². The van der Waals surface area contributed by atoms with E-state index in [0.717, 1.165) is 6.07 Å². The van der Waals surface area contributed by atoms with Crippen LogP contribution in [0.3, 0.4) is 0 Å². The molecule has 17 heavy (non-hydrogen) atoms. The lowest BCUT2D eigenvalue weighted by molar-refractivity contribution is -0.384. The molecule has 1 aromatic rings. The summed E-state index contributed by atoms with van der Waals surface area (Å²) in [5.41, 5.74) is 0.247. The fourth-order valence-corrected chi connectivity index (χ4v) is 1.55. The first kappa shape index (κ1) is 12.9. The maximum atomic E-state index is 11.2. The van der Waals surface area contributed by atoms with E-state index in [0.29, 0.717) is 5.56 Å². The van der Waals surface area contributed by atoms with E-state index in [9.17, 15) is 14.9 Å². The zero-order chi connectivity index (χ0) is 13.0. The topological polar surface area (TPSA) is 96.0 Å². The number of hydrogen-bond acceptors (Lipinski definition) is 4. The van der Waals surface area contributed by atoms with Crippen LogP contribution >= 0.6 is 11.6 Å². The lowest BCUT2D eigenvalue weighted by atomic mass is 10.1. The van der Waals surface area contributed by atoms with Crippen molar-refractivity contribution in [3.05, 3.63) is 32.8 Å². The number of amides is 1. The van der Waals surface area contributed by atoms with Crippen molar-refractivity contribution in [1.29, 1.82) is 5.26 Å². The van der Waals surface area contributed by atoms with E-state index in [2.05, 4.69) is 5.32 Å². The number of aryl methyl sites for hydroxylation is 1. The highest BCUT2D eigenvalue weighted by atomic mass is 35.5. The van der Waals surface area contributed by atoms with Crippen LogP contribution in [-0.4, -0.2) is 10.8 Å². The highest BCUT2D eigenvalue weighted by molar-refractivity contribution is 6.31. The number of rotatable bonds is 3. The van der Waals surface area contributed by atoms with Crippen LogP contribution in [0.4, 0.5) is 11.4 Å². The molecule has 0 aliphatic heterocycles. The summed E-state index contributed by atoms with van der Waals surface area (Å²) in [6.07, 6.45) is -0.362. The lowest BCUT2D eigenvalue weighted by Gasteiger charge is -2.08. The van der Waals surface area contributed by atoms with Crippen molar-refractivity contribution >= 4 is 28.9 Å². The van der Waals surface area contributed by atoms with Crippen LogP contribution in [0.5, 0.6) is 0 Å². The fraction of sp³-hybridized carbons (Fsp3) is 0.200. The standard InChI is InChI=1S/C10H8ClN3O3/c1-6-4-7(11)5-8(14(16)17)10(6)13-9(15)2-3-12/h4-5H,2H2,1H3,(H,13,15). The number of nitrogens with zero attached hydrogens (tertiary/aromatic N) is 2. The van der Waals surface area contributed by atoms with Crippen LogP contribution in [0.15, 0.2) is 12.1 Å². The average molecular weight is 254 g/mol. The number of nitro groups is 1. The number of carbonyl (C=O) groups is 1. The Bertz CT molecular complexity index is 522. The fourth-order valence-electron chi connectivity index (χ4n) is 1.29. The summed E-state index contributed by atoms with van der Waals surface area (Å²) in [4.78, 5) is 21.4. The van der Waals surface area contributed by atoms with Gasteiger partial charge in [-0.25, -0.2) is 0 Å². The van der Waals surface area contributed by atoms with Crippen LogP contribution in [0.1, 0.15) is 12.0 Å². The summed E-state index contributed by atoms with van der Waals surface area (Å²) in [6, 6.07) is 4.31. The van der Waals surface area contributed by atoms with E-state index < -0.39 is 10.8 Å². The maximum absolute atomic E-state index is 11.2. The summed E-state index contributed by atoms with van der Waals surface area (Å²) in [7, 11) is 0. The first-order chi connectivity index (χ1) is 7.95. The monoisotopic (exact) mass is 253 g/mol. The second-order valence-electron chi connectivity index (χ2n) is 3.26. The number of benzene rings is 1. The molecule has 0 bridgehead atoms. The summed E-state index contributed by atoms with van der Waals surface area (Å²) in [5, 5.41) is 21.7. The van der Waals surface area contributed by atoms with Gasteiger partial charge in [-0.3, -0.25) is 14.9 Å². The summed E-state index contributed by atoms with van der Waals surface area (Å²) in [6.45, 7) is 1.58. The van der Waals surface area contributed by atoms with Crippen LogP contribution < -0.4 is 5.32 Å². The number of halogens is 1. The molecule has 0 saturated carbocycles. The second-order valence-corrected chi connectivity index (χ2v) is 3.69. The Morgan fingerprint density at radius 3 is 2.82 bits per heavy atom. The third-order valence-corrected chi connectivity index (χ3v) is 2.20. The second kappa shape index (κ2) is 5.27. The number of anilines is 1. The normalized spacial score (nSPS) is 9.47. The molecule has 6 nitrogen and oxygen atoms in total. The van der Waals surface area contributed by atoms with Gasteiger partial charge in [0.25, 0.3) is 5.69 Å². The molecule has 0 aliphatic rings. The van der Waals surface area contributed by atoms with E-state index in [1.54, 1.807) is 13.0 Å². The molecule has 0 aromatic heterocycles. The van der Waals surface area contributed by atoms with Crippen LogP contribution in [-0.2, 0) is 4.79 Å². The van der Waals surface area contributed by atoms with Gasteiger partial charge in [0.15, 0.2) is 0 Å². The molecule has 0 aliphatic carbocycles. The Kier molecular flexibility index (Phi) is 4.01. The van der Waals surface area contributed by atoms with Gasteiger partial charge in [0, 0.05) is 11.1 Å². The molecule has 7 heteroatoms. The zero-order valence-corrected chi connectivity index (χ0v) is 9.61. The quantitative estimate of drug-likeness (QED) is 0.661. The van der Waals surface area contributed by atoms with E-state index in [4.69, 9.17) is 16.9 Å². The minimum atomic E-state index is -0.638. The number of nitro benzene ring substituents is 1. The molecule has 1 aromatic carbocycles. The molecule has 0 unspecified atom stereocenters. The Labute approximate surface area is 102 Å². The smallest absolute Gasteiger partial charge is 0.294 e. The molecule has 1 N–H and O–H groups in total. The van der Waals surface area contributed by atoms with Crippen molar-refractivity contribution < 1.29 is 9.72 Å². The molecule has 0 fully saturated rings. The van der Waals surface area contributed by atoms with E-state index >= 15 is 0 Å². The van der Waals surface area contributed by atoms with Gasteiger partial charge >= 0.3 is 0 Å². The molecule has 0 heterocycles. The van der Waals surface area contributed by atoms with Gasteiger partial charge in [-0.15, -0.1) is 0 Å². The Hall–Kier alpha value is -2.13. The van der Waals surface area contributed by atoms with Crippen molar-refractivity contribution in [2.75, 3.05) is 5.32 Å².